The second-order valence-electron chi connectivity index (χ2n) is 4.13. The van der Waals surface area contributed by atoms with Gasteiger partial charge in [0.15, 0.2) is 0 Å². The molecule has 0 saturated carbocycles. The summed E-state index contributed by atoms with van der Waals surface area (Å²) in [5.74, 6) is -0.324. The van der Waals surface area contributed by atoms with Gasteiger partial charge < -0.3 is 10.6 Å². The third-order valence-electron chi connectivity index (χ3n) is 2.56. The van der Waals surface area contributed by atoms with Gasteiger partial charge in [-0.2, -0.15) is 0 Å². The van der Waals surface area contributed by atoms with Crippen molar-refractivity contribution in [1.82, 2.24) is 15.6 Å². The average Bonchev–Trinajstić information content (AvgIpc) is 2.45. The third-order valence-corrected chi connectivity index (χ3v) is 2.78. The predicted octanol–water partition coefficient (Wildman–Crippen LogP) is 2.87. The standard InChI is InChI=1S/C14H13ClFN3O/c15-11-4-5-13(17-8-11)9-19-14(20)18-7-10-2-1-3-12(16)6-10/h1-6,8H,7,9H2,(H2,18,19,20). The van der Waals surface area contributed by atoms with Crippen molar-refractivity contribution < 1.29 is 9.18 Å². The van der Waals surface area contributed by atoms with Crippen LogP contribution >= 0.6 is 11.6 Å². The van der Waals surface area contributed by atoms with Crippen molar-refractivity contribution in [2.24, 2.45) is 0 Å². The van der Waals surface area contributed by atoms with Gasteiger partial charge in [-0.05, 0) is 29.8 Å². The van der Waals surface area contributed by atoms with Gasteiger partial charge in [-0.25, -0.2) is 9.18 Å². The topological polar surface area (TPSA) is 54.0 Å². The summed E-state index contributed by atoms with van der Waals surface area (Å²) < 4.78 is 12.9. The minimum atomic E-state index is -0.342. The predicted molar refractivity (Wildman–Crippen MR) is 74.7 cm³/mol. The first-order valence-corrected chi connectivity index (χ1v) is 6.38. The van der Waals surface area contributed by atoms with E-state index in [1.807, 2.05) is 0 Å². The number of carbonyl (C=O) groups excluding carboxylic acids is 1. The van der Waals surface area contributed by atoms with Crippen LogP contribution in [0.3, 0.4) is 0 Å². The van der Waals surface area contributed by atoms with E-state index in [0.717, 1.165) is 0 Å². The molecule has 2 rings (SSSR count). The summed E-state index contributed by atoms with van der Waals surface area (Å²) in [6.45, 7) is 0.559. The average molecular weight is 294 g/mol. The van der Waals surface area contributed by atoms with E-state index in [1.165, 1.54) is 18.3 Å². The Morgan fingerprint density at radius 3 is 2.70 bits per heavy atom. The molecule has 0 aliphatic rings. The van der Waals surface area contributed by atoms with E-state index in [-0.39, 0.29) is 18.4 Å². The largest absolute Gasteiger partial charge is 0.334 e. The minimum absolute atomic E-state index is 0.262. The number of aromatic nitrogens is 1. The van der Waals surface area contributed by atoms with Gasteiger partial charge in [-0.3, -0.25) is 4.98 Å². The lowest BCUT2D eigenvalue weighted by molar-refractivity contribution is 0.240. The van der Waals surface area contributed by atoms with Gasteiger partial charge >= 0.3 is 6.03 Å². The van der Waals surface area contributed by atoms with Gasteiger partial charge in [0.25, 0.3) is 0 Å². The van der Waals surface area contributed by atoms with E-state index in [0.29, 0.717) is 22.8 Å². The lowest BCUT2D eigenvalue weighted by Gasteiger charge is -2.07. The number of hydrogen-bond acceptors (Lipinski definition) is 2. The van der Waals surface area contributed by atoms with E-state index in [2.05, 4.69) is 15.6 Å². The summed E-state index contributed by atoms with van der Waals surface area (Å²) in [7, 11) is 0. The van der Waals surface area contributed by atoms with Crippen LogP contribution in [0.25, 0.3) is 0 Å². The third kappa shape index (κ3) is 4.51. The molecular formula is C14H13ClFN3O. The van der Waals surface area contributed by atoms with E-state index in [4.69, 9.17) is 11.6 Å². The van der Waals surface area contributed by atoms with Crippen LogP contribution in [-0.2, 0) is 13.1 Å². The van der Waals surface area contributed by atoms with Crippen LogP contribution in [0, 0.1) is 5.82 Å². The molecule has 4 nitrogen and oxygen atoms in total. The van der Waals surface area contributed by atoms with E-state index in [1.54, 1.807) is 24.3 Å². The second kappa shape index (κ2) is 6.86. The SMILES string of the molecule is O=C(NCc1cccc(F)c1)NCc1ccc(Cl)cn1. The van der Waals surface area contributed by atoms with E-state index < -0.39 is 0 Å². The zero-order valence-electron chi connectivity index (χ0n) is 10.6. The molecule has 20 heavy (non-hydrogen) atoms. The molecule has 1 heterocycles. The van der Waals surface area contributed by atoms with E-state index >= 15 is 0 Å². The molecule has 0 atom stereocenters. The van der Waals surface area contributed by atoms with Gasteiger partial charge in [-0.1, -0.05) is 23.7 Å². The van der Waals surface area contributed by atoms with Crippen molar-refractivity contribution in [2.45, 2.75) is 13.1 Å². The number of halogens is 2. The first-order valence-electron chi connectivity index (χ1n) is 6.00. The molecule has 2 aromatic rings. The van der Waals surface area contributed by atoms with E-state index in [9.17, 15) is 9.18 Å². The van der Waals surface area contributed by atoms with Crippen LogP contribution in [0.15, 0.2) is 42.6 Å². The Morgan fingerprint density at radius 1 is 1.20 bits per heavy atom. The maximum absolute atomic E-state index is 12.9. The number of urea groups is 1. The van der Waals surface area contributed by atoms with Gasteiger partial charge in [-0.15, -0.1) is 0 Å². The number of nitrogens with one attached hydrogen (secondary N) is 2. The zero-order chi connectivity index (χ0) is 14.4. The van der Waals surface area contributed by atoms with Crippen LogP contribution in [-0.4, -0.2) is 11.0 Å². The van der Waals surface area contributed by atoms with Crippen LogP contribution in [0.2, 0.25) is 5.02 Å². The van der Waals surface area contributed by atoms with Gasteiger partial charge in [0, 0.05) is 12.7 Å². The maximum atomic E-state index is 12.9. The Hall–Kier alpha value is -2.14. The Labute approximate surface area is 121 Å². The molecule has 0 saturated heterocycles. The molecule has 0 aliphatic heterocycles. The molecule has 2 amide bonds. The zero-order valence-corrected chi connectivity index (χ0v) is 11.3. The number of carbonyl (C=O) groups is 1. The highest BCUT2D eigenvalue weighted by atomic mass is 35.5. The quantitative estimate of drug-likeness (QED) is 0.911. The molecule has 0 fully saturated rings. The second-order valence-corrected chi connectivity index (χ2v) is 4.57. The number of rotatable bonds is 4. The summed E-state index contributed by atoms with van der Waals surface area (Å²) in [5, 5.41) is 5.84. The van der Waals surface area contributed by atoms with Gasteiger partial charge in [0.2, 0.25) is 0 Å². The van der Waals surface area contributed by atoms with Crippen LogP contribution in [0.4, 0.5) is 9.18 Å². The smallest absolute Gasteiger partial charge is 0.315 e. The van der Waals surface area contributed by atoms with Crippen molar-refractivity contribution in [3.63, 3.8) is 0 Å². The lowest BCUT2D eigenvalue weighted by Crippen LogP contribution is -2.34. The molecular weight excluding hydrogens is 281 g/mol. The van der Waals surface area contributed by atoms with Crippen molar-refractivity contribution in [3.8, 4) is 0 Å². The minimum Gasteiger partial charge on any atom is -0.334 e. The molecule has 0 unspecified atom stereocenters. The van der Waals surface area contributed by atoms with Crippen molar-refractivity contribution >= 4 is 17.6 Å². The van der Waals surface area contributed by atoms with Crippen molar-refractivity contribution in [3.05, 3.63) is 64.7 Å². The highest BCUT2D eigenvalue weighted by Gasteiger charge is 2.02. The number of pyridine rings is 1. The molecule has 104 valence electrons. The highest BCUT2D eigenvalue weighted by molar-refractivity contribution is 6.30. The van der Waals surface area contributed by atoms with Crippen LogP contribution in [0.5, 0.6) is 0 Å². The molecule has 1 aromatic heterocycles. The molecule has 0 spiro atoms. The monoisotopic (exact) mass is 293 g/mol. The highest BCUT2D eigenvalue weighted by Crippen LogP contribution is 2.06. The van der Waals surface area contributed by atoms with Crippen LogP contribution < -0.4 is 10.6 Å². The fourth-order valence-electron chi connectivity index (χ4n) is 1.57. The first-order chi connectivity index (χ1) is 9.63. The molecule has 1 aromatic carbocycles. The molecule has 0 aliphatic carbocycles. The summed E-state index contributed by atoms with van der Waals surface area (Å²) >= 11 is 5.71. The van der Waals surface area contributed by atoms with Gasteiger partial charge in [0.05, 0.1) is 17.3 Å². The fourth-order valence-corrected chi connectivity index (χ4v) is 1.69. The number of hydrogen-bond donors (Lipinski definition) is 2. The van der Waals surface area contributed by atoms with Crippen LogP contribution in [0.1, 0.15) is 11.3 Å². The Kier molecular flexibility index (Phi) is 4.90. The Balaban J connectivity index is 1.77. The normalized spacial score (nSPS) is 10.1. The summed E-state index contributed by atoms with van der Waals surface area (Å²) in [5.41, 5.74) is 1.40. The molecule has 0 bridgehead atoms. The van der Waals surface area contributed by atoms with Crippen molar-refractivity contribution in [1.29, 1.82) is 0 Å². The maximum Gasteiger partial charge on any atom is 0.315 e. The summed E-state index contributed by atoms with van der Waals surface area (Å²) in [6, 6.07) is 9.17. The molecule has 6 heteroatoms. The Bertz CT molecular complexity index is 589. The van der Waals surface area contributed by atoms with Crippen molar-refractivity contribution in [2.75, 3.05) is 0 Å². The number of amides is 2. The first kappa shape index (κ1) is 14.3. The Morgan fingerprint density at radius 2 is 2.00 bits per heavy atom. The lowest BCUT2D eigenvalue weighted by atomic mass is 10.2. The summed E-state index contributed by atoms with van der Waals surface area (Å²) in [4.78, 5) is 15.6. The fraction of sp³-hybridized carbons (Fsp3) is 0.143. The number of nitrogens with zero attached hydrogens (tertiary/aromatic N) is 1. The number of benzene rings is 1. The summed E-state index contributed by atoms with van der Waals surface area (Å²) in [6.07, 6.45) is 1.52. The van der Waals surface area contributed by atoms with Gasteiger partial charge in [0.1, 0.15) is 5.82 Å². The molecule has 2 N–H and O–H groups in total. The molecule has 0 radical (unpaired) electrons.